The van der Waals surface area contributed by atoms with Crippen molar-refractivity contribution in [1.29, 1.82) is 0 Å². The fourth-order valence-electron chi connectivity index (χ4n) is 2.10. The van der Waals surface area contributed by atoms with E-state index in [0.717, 1.165) is 5.56 Å². The number of rotatable bonds is 5. The summed E-state index contributed by atoms with van der Waals surface area (Å²) in [6.07, 6.45) is 0. The molecule has 0 N–H and O–H groups in total. The van der Waals surface area contributed by atoms with E-state index in [-0.39, 0.29) is 12.2 Å². The summed E-state index contributed by atoms with van der Waals surface area (Å²) in [5, 5.41) is 3.87. The lowest BCUT2D eigenvalue weighted by atomic mass is 10.1. The van der Waals surface area contributed by atoms with Crippen molar-refractivity contribution >= 4 is 5.97 Å². The molecular weight excluding hydrogens is 313 g/mol. The molecule has 24 heavy (non-hydrogen) atoms. The Kier molecular flexibility index (Phi) is 4.56. The van der Waals surface area contributed by atoms with Crippen LogP contribution in [0.4, 0.5) is 4.39 Å². The van der Waals surface area contributed by atoms with Gasteiger partial charge < -0.3 is 14.0 Å². The number of hydrogen-bond donors (Lipinski definition) is 0. The molecule has 122 valence electrons. The molecule has 3 aromatic rings. The van der Waals surface area contributed by atoms with Gasteiger partial charge in [0.05, 0.1) is 12.7 Å². The largest absolute Gasteiger partial charge is 0.497 e. The predicted molar refractivity (Wildman–Crippen MR) is 84.0 cm³/mol. The van der Waals surface area contributed by atoms with Crippen LogP contribution in [0.15, 0.2) is 59.1 Å². The summed E-state index contributed by atoms with van der Waals surface area (Å²) in [6, 6.07) is 14.2. The van der Waals surface area contributed by atoms with Gasteiger partial charge in [-0.1, -0.05) is 17.3 Å². The molecule has 0 aliphatic rings. The molecule has 6 heteroatoms. The monoisotopic (exact) mass is 327 g/mol. The second-order valence-electron chi connectivity index (χ2n) is 5.00. The maximum absolute atomic E-state index is 12.8. The zero-order valence-corrected chi connectivity index (χ0v) is 12.9. The summed E-state index contributed by atoms with van der Waals surface area (Å²) in [6.45, 7) is -0.0380. The smallest absolute Gasteiger partial charge is 0.338 e. The molecule has 1 aromatic heterocycles. The normalized spacial score (nSPS) is 10.4. The molecule has 0 spiro atoms. The minimum absolute atomic E-state index is 0.0380. The first kappa shape index (κ1) is 15.7. The fourth-order valence-corrected chi connectivity index (χ4v) is 2.10. The van der Waals surface area contributed by atoms with E-state index in [9.17, 15) is 9.18 Å². The zero-order chi connectivity index (χ0) is 16.9. The summed E-state index contributed by atoms with van der Waals surface area (Å²) in [7, 11) is 1.58. The van der Waals surface area contributed by atoms with Crippen molar-refractivity contribution in [2.75, 3.05) is 7.11 Å². The van der Waals surface area contributed by atoms with E-state index >= 15 is 0 Å². The molecular formula is C18H14FNO4. The molecule has 1 heterocycles. The average molecular weight is 327 g/mol. The van der Waals surface area contributed by atoms with Gasteiger partial charge in [-0.3, -0.25) is 0 Å². The lowest BCUT2D eigenvalue weighted by molar-refractivity contribution is 0.0464. The Bertz CT molecular complexity index is 842. The molecule has 0 atom stereocenters. The highest BCUT2D eigenvalue weighted by Crippen LogP contribution is 2.24. The number of hydrogen-bond acceptors (Lipinski definition) is 5. The van der Waals surface area contributed by atoms with Gasteiger partial charge in [-0.25, -0.2) is 9.18 Å². The first-order valence-electron chi connectivity index (χ1n) is 7.18. The SMILES string of the molecule is COc1cccc(-c2cc(COC(=O)c3ccc(F)cc3)no2)c1. The lowest BCUT2D eigenvalue weighted by Gasteiger charge is -2.02. The maximum atomic E-state index is 12.8. The molecule has 2 aromatic carbocycles. The summed E-state index contributed by atoms with van der Waals surface area (Å²) in [5.41, 5.74) is 1.55. The number of halogens is 1. The Morgan fingerprint density at radius 1 is 1.17 bits per heavy atom. The van der Waals surface area contributed by atoms with Crippen molar-refractivity contribution in [1.82, 2.24) is 5.16 Å². The van der Waals surface area contributed by atoms with Crippen molar-refractivity contribution in [2.24, 2.45) is 0 Å². The van der Waals surface area contributed by atoms with Crippen LogP contribution in [0.25, 0.3) is 11.3 Å². The van der Waals surface area contributed by atoms with Crippen LogP contribution >= 0.6 is 0 Å². The van der Waals surface area contributed by atoms with Crippen molar-refractivity contribution in [2.45, 2.75) is 6.61 Å². The number of carbonyl (C=O) groups excluding carboxylic acids is 1. The molecule has 0 unspecified atom stereocenters. The van der Waals surface area contributed by atoms with Crippen molar-refractivity contribution in [3.8, 4) is 17.1 Å². The van der Waals surface area contributed by atoms with Gasteiger partial charge in [0.25, 0.3) is 0 Å². The van der Waals surface area contributed by atoms with Crippen LogP contribution in [0.2, 0.25) is 0 Å². The highest BCUT2D eigenvalue weighted by Gasteiger charge is 2.11. The molecule has 0 aliphatic heterocycles. The third-order valence-electron chi connectivity index (χ3n) is 3.34. The van der Waals surface area contributed by atoms with Gasteiger partial charge in [0.2, 0.25) is 0 Å². The molecule has 0 radical (unpaired) electrons. The molecule has 0 saturated heterocycles. The van der Waals surface area contributed by atoms with Gasteiger partial charge >= 0.3 is 5.97 Å². The van der Waals surface area contributed by atoms with E-state index in [0.29, 0.717) is 17.2 Å². The molecule has 0 bridgehead atoms. The third-order valence-corrected chi connectivity index (χ3v) is 3.34. The summed E-state index contributed by atoms with van der Waals surface area (Å²) >= 11 is 0. The molecule has 0 aliphatic carbocycles. The van der Waals surface area contributed by atoms with Gasteiger partial charge in [0.1, 0.15) is 23.9 Å². The molecule has 0 saturated carbocycles. The van der Waals surface area contributed by atoms with Crippen LogP contribution in [0.1, 0.15) is 16.1 Å². The van der Waals surface area contributed by atoms with Crippen molar-refractivity contribution < 1.29 is 23.2 Å². The van der Waals surface area contributed by atoms with Crippen LogP contribution in [-0.2, 0) is 11.3 Å². The van der Waals surface area contributed by atoms with Crippen LogP contribution in [0.3, 0.4) is 0 Å². The first-order chi connectivity index (χ1) is 11.7. The number of esters is 1. The summed E-state index contributed by atoms with van der Waals surface area (Å²) in [4.78, 5) is 11.9. The van der Waals surface area contributed by atoms with Crippen LogP contribution in [-0.4, -0.2) is 18.2 Å². The highest BCUT2D eigenvalue weighted by atomic mass is 19.1. The van der Waals surface area contributed by atoms with Crippen LogP contribution in [0, 0.1) is 5.82 Å². The van der Waals surface area contributed by atoms with Gasteiger partial charge in [-0.15, -0.1) is 0 Å². The standard InChI is InChI=1S/C18H14FNO4/c1-22-16-4-2-3-13(9-16)17-10-15(20-24-17)11-23-18(21)12-5-7-14(19)8-6-12/h2-10H,11H2,1H3. The Labute approximate surface area is 137 Å². The topological polar surface area (TPSA) is 61.6 Å². The average Bonchev–Trinajstić information content (AvgIpc) is 3.09. The zero-order valence-electron chi connectivity index (χ0n) is 12.9. The number of nitrogens with zero attached hydrogens (tertiary/aromatic N) is 1. The second-order valence-corrected chi connectivity index (χ2v) is 5.00. The Hall–Kier alpha value is -3.15. The van der Waals surface area contributed by atoms with E-state index < -0.39 is 11.8 Å². The maximum Gasteiger partial charge on any atom is 0.338 e. The molecule has 0 fully saturated rings. The predicted octanol–water partition coefficient (Wildman–Crippen LogP) is 3.85. The van der Waals surface area contributed by atoms with Gasteiger partial charge in [-0.2, -0.15) is 0 Å². The number of methoxy groups -OCH3 is 1. The quantitative estimate of drug-likeness (QED) is 0.666. The highest BCUT2D eigenvalue weighted by molar-refractivity contribution is 5.89. The van der Waals surface area contributed by atoms with E-state index in [2.05, 4.69) is 5.16 Å². The Morgan fingerprint density at radius 2 is 1.96 bits per heavy atom. The molecule has 3 rings (SSSR count). The van der Waals surface area contributed by atoms with Gasteiger partial charge in [0, 0.05) is 11.6 Å². The first-order valence-corrected chi connectivity index (χ1v) is 7.18. The number of aromatic nitrogens is 1. The lowest BCUT2D eigenvalue weighted by Crippen LogP contribution is -2.05. The molecule has 5 nitrogen and oxygen atoms in total. The van der Waals surface area contributed by atoms with Crippen molar-refractivity contribution in [3.63, 3.8) is 0 Å². The number of benzene rings is 2. The fraction of sp³-hybridized carbons (Fsp3) is 0.111. The molecule has 0 amide bonds. The van der Waals surface area contributed by atoms with E-state index in [1.807, 2.05) is 24.3 Å². The van der Waals surface area contributed by atoms with E-state index in [1.54, 1.807) is 13.2 Å². The van der Waals surface area contributed by atoms with Gasteiger partial charge in [0.15, 0.2) is 5.76 Å². The Balaban J connectivity index is 1.65. The van der Waals surface area contributed by atoms with Crippen LogP contribution < -0.4 is 4.74 Å². The van der Waals surface area contributed by atoms with E-state index in [1.165, 1.54) is 24.3 Å². The number of carbonyl (C=O) groups is 1. The van der Waals surface area contributed by atoms with Gasteiger partial charge in [-0.05, 0) is 36.4 Å². The van der Waals surface area contributed by atoms with Crippen LogP contribution in [0.5, 0.6) is 5.75 Å². The van der Waals surface area contributed by atoms with Crippen molar-refractivity contribution in [3.05, 3.63) is 71.7 Å². The van der Waals surface area contributed by atoms with E-state index in [4.69, 9.17) is 14.0 Å². The number of ether oxygens (including phenoxy) is 2. The Morgan fingerprint density at radius 3 is 2.71 bits per heavy atom. The third kappa shape index (κ3) is 3.60. The summed E-state index contributed by atoms with van der Waals surface area (Å²) in [5.74, 6) is 0.279. The minimum atomic E-state index is -0.555. The second kappa shape index (κ2) is 6.95. The summed E-state index contributed by atoms with van der Waals surface area (Å²) < 4.78 is 28.4. The minimum Gasteiger partial charge on any atom is -0.497 e.